The fourth-order valence-electron chi connectivity index (χ4n) is 2.08. The molecule has 1 N–H and O–H groups in total. The van der Waals surface area contributed by atoms with Crippen LogP contribution in [-0.2, 0) is 6.42 Å². The van der Waals surface area contributed by atoms with Gasteiger partial charge in [-0.3, -0.25) is 4.79 Å². The summed E-state index contributed by atoms with van der Waals surface area (Å²) in [5.41, 5.74) is 4.09. The van der Waals surface area contributed by atoms with Crippen LogP contribution in [0.2, 0.25) is 5.02 Å². The Morgan fingerprint density at radius 3 is 2.47 bits per heavy atom. The summed E-state index contributed by atoms with van der Waals surface area (Å²) in [6.45, 7) is 1.98. The number of benzene rings is 2. The molecule has 0 radical (unpaired) electrons. The SMILES string of the molecule is CNC(=O)c1cccc(Cc2ccc(Cl)cc2)c1C. The lowest BCUT2D eigenvalue weighted by Gasteiger charge is -2.10. The minimum Gasteiger partial charge on any atom is -0.355 e. The Balaban J connectivity index is 2.30. The van der Waals surface area contributed by atoms with Crippen LogP contribution in [0, 0.1) is 6.92 Å². The number of hydrogen-bond donors (Lipinski definition) is 1. The molecule has 98 valence electrons. The summed E-state index contributed by atoms with van der Waals surface area (Å²) in [4.78, 5) is 11.8. The molecule has 2 aromatic rings. The lowest BCUT2D eigenvalue weighted by molar-refractivity contribution is 0.0962. The summed E-state index contributed by atoms with van der Waals surface area (Å²) in [5.74, 6) is -0.0459. The van der Waals surface area contributed by atoms with Crippen molar-refractivity contribution in [1.82, 2.24) is 5.32 Å². The summed E-state index contributed by atoms with van der Waals surface area (Å²) < 4.78 is 0. The van der Waals surface area contributed by atoms with Gasteiger partial charge in [-0.15, -0.1) is 0 Å². The minimum absolute atomic E-state index is 0.0459. The Morgan fingerprint density at radius 1 is 1.16 bits per heavy atom. The third-order valence-electron chi connectivity index (χ3n) is 3.23. The van der Waals surface area contributed by atoms with E-state index in [1.165, 1.54) is 5.56 Å². The van der Waals surface area contributed by atoms with E-state index in [0.717, 1.165) is 28.1 Å². The Kier molecular flexibility index (Phi) is 4.23. The van der Waals surface area contributed by atoms with E-state index in [0.29, 0.717) is 0 Å². The highest BCUT2D eigenvalue weighted by molar-refractivity contribution is 6.30. The van der Waals surface area contributed by atoms with Crippen LogP contribution < -0.4 is 5.32 Å². The zero-order valence-electron chi connectivity index (χ0n) is 11.0. The summed E-state index contributed by atoms with van der Waals surface area (Å²) in [7, 11) is 1.65. The first-order chi connectivity index (χ1) is 9.11. The van der Waals surface area contributed by atoms with Crippen LogP contribution in [-0.4, -0.2) is 13.0 Å². The van der Waals surface area contributed by atoms with Crippen molar-refractivity contribution in [2.45, 2.75) is 13.3 Å². The van der Waals surface area contributed by atoms with Gasteiger partial charge in [0.1, 0.15) is 0 Å². The fraction of sp³-hybridized carbons (Fsp3) is 0.188. The van der Waals surface area contributed by atoms with Crippen molar-refractivity contribution >= 4 is 17.5 Å². The van der Waals surface area contributed by atoms with E-state index in [2.05, 4.69) is 11.4 Å². The monoisotopic (exact) mass is 273 g/mol. The van der Waals surface area contributed by atoms with E-state index in [1.54, 1.807) is 7.05 Å². The van der Waals surface area contributed by atoms with Gasteiger partial charge < -0.3 is 5.32 Å². The first kappa shape index (κ1) is 13.6. The Morgan fingerprint density at radius 2 is 1.84 bits per heavy atom. The van der Waals surface area contributed by atoms with Crippen molar-refractivity contribution < 1.29 is 4.79 Å². The fourth-order valence-corrected chi connectivity index (χ4v) is 2.20. The molecule has 0 aliphatic carbocycles. The normalized spacial score (nSPS) is 10.3. The van der Waals surface area contributed by atoms with E-state index in [1.807, 2.05) is 43.3 Å². The van der Waals surface area contributed by atoms with Gasteiger partial charge >= 0.3 is 0 Å². The smallest absolute Gasteiger partial charge is 0.251 e. The van der Waals surface area contributed by atoms with Crippen molar-refractivity contribution in [3.05, 3.63) is 69.7 Å². The van der Waals surface area contributed by atoms with Crippen LogP contribution in [0.15, 0.2) is 42.5 Å². The van der Waals surface area contributed by atoms with Gasteiger partial charge in [-0.05, 0) is 48.2 Å². The number of carbonyl (C=O) groups is 1. The number of halogens is 1. The average molecular weight is 274 g/mol. The van der Waals surface area contributed by atoms with Crippen molar-refractivity contribution in [1.29, 1.82) is 0 Å². The van der Waals surface area contributed by atoms with Crippen LogP contribution in [0.4, 0.5) is 0 Å². The van der Waals surface area contributed by atoms with Gasteiger partial charge in [0, 0.05) is 17.6 Å². The molecule has 0 aliphatic heterocycles. The highest BCUT2D eigenvalue weighted by atomic mass is 35.5. The van der Waals surface area contributed by atoms with Crippen molar-refractivity contribution in [2.75, 3.05) is 7.05 Å². The van der Waals surface area contributed by atoms with E-state index in [-0.39, 0.29) is 5.91 Å². The summed E-state index contributed by atoms with van der Waals surface area (Å²) in [6, 6.07) is 13.6. The molecule has 0 unspecified atom stereocenters. The van der Waals surface area contributed by atoms with Crippen molar-refractivity contribution in [3.63, 3.8) is 0 Å². The Bertz CT molecular complexity index is 590. The molecule has 0 aliphatic rings. The number of carbonyl (C=O) groups excluding carboxylic acids is 1. The standard InChI is InChI=1S/C16H16ClNO/c1-11-13(4-3-5-15(11)16(19)18-2)10-12-6-8-14(17)9-7-12/h3-9H,10H2,1-2H3,(H,18,19). The van der Waals surface area contributed by atoms with Crippen LogP contribution in [0.5, 0.6) is 0 Å². The van der Waals surface area contributed by atoms with Crippen LogP contribution in [0.1, 0.15) is 27.0 Å². The van der Waals surface area contributed by atoms with Gasteiger partial charge in [0.05, 0.1) is 0 Å². The van der Waals surface area contributed by atoms with E-state index in [9.17, 15) is 4.79 Å². The number of amides is 1. The third kappa shape index (κ3) is 3.15. The van der Waals surface area contributed by atoms with Gasteiger partial charge in [-0.25, -0.2) is 0 Å². The zero-order chi connectivity index (χ0) is 13.8. The van der Waals surface area contributed by atoms with E-state index in [4.69, 9.17) is 11.6 Å². The first-order valence-corrected chi connectivity index (χ1v) is 6.54. The number of rotatable bonds is 3. The maximum absolute atomic E-state index is 11.8. The second-order valence-corrected chi connectivity index (χ2v) is 4.91. The van der Waals surface area contributed by atoms with Gasteiger partial charge in [0.15, 0.2) is 0 Å². The molecule has 0 atom stereocenters. The zero-order valence-corrected chi connectivity index (χ0v) is 11.8. The molecule has 0 heterocycles. The third-order valence-corrected chi connectivity index (χ3v) is 3.48. The predicted molar refractivity (Wildman–Crippen MR) is 78.8 cm³/mol. The molecular weight excluding hydrogens is 258 g/mol. The molecule has 0 fully saturated rings. The van der Waals surface area contributed by atoms with E-state index < -0.39 is 0 Å². The summed E-state index contributed by atoms with van der Waals surface area (Å²) in [5, 5.41) is 3.40. The Labute approximate surface area is 118 Å². The second-order valence-electron chi connectivity index (χ2n) is 4.47. The van der Waals surface area contributed by atoms with Gasteiger partial charge in [0.2, 0.25) is 0 Å². The molecule has 0 saturated carbocycles. The van der Waals surface area contributed by atoms with Gasteiger partial charge in [-0.1, -0.05) is 35.9 Å². The quantitative estimate of drug-likeness (QED) is 0.910. The number of hydrogen-bond acceptors (Lipinski definition) is 1. The topological polar surface area (TPSA) is 29.1 Å². The highest BCUT2D eigenvalue weighted by Gasteiger charge is 2.10. The maximum atomic E-state index is 11.8. The lowest BCUT2D eigenvalue weighted by atomic mass is 9.96. The molecule has 1 amide bonds. The number of nitrogens with one attached hydrogen (secondary N) is 1. The van der Waals surface area contributed by atoms with E-state index >= 15 is 0 Å². The molecular formula is C16H16ClNO. The average Bonchev–Trinajstić information content (AvgIpc) is 2.43. The maximum Gasteiger partial charge on any atom is 0.251 e. The van der Waals surface area contributed by atoms with Crippen LogP contribution >= 0.6 is 11.6 Å². The Hall–Kier alpha value is -1.80. The van der Waals surface area contributed by atoms with Crippen LogP contribution in [0.25, 0.3) is 0 Å². The van der Waals surface area contributed by atoms with Crippen molar-refractivity contribution in [2.24, 2.45) is 0 Å². The lowest BCUT2D eigenvalue weighted by Crippen LogP contribution is -2.19. The molecule has 0 aromatic heterocycles. The molecule has 0 bridgehead atoms. The summed E-state index contributed by atoms with van der Waals surface area (Å²) >= 11 is 5.88. The molecule has 3 heteroatoms. The first-order valence-electron chi connectivity index (χ1n) is 6.17. The minimum atomic E-state index is -0.0459. The summed E-state index contributed by atoms with van der Waals surface area (Å²) in [6.07, 6.45) is 0.799. The predicted octanol–water partition coefficient (Wildman–Crippen LogP) is 3.60. The highest BCUT2D eigenvalue weighted by Crippen LogP contribution is 2.19. The largest absolute Gasteiger partial charge is 0.355 e. The molecule has 2 aromatic carbocycles. The van der Waals surface area contributed by atoms with Crippen molar-refractivity contribution in [3.8, 4) is 0 Å². The molecule has 0 saturated heterocycles. The molecule has 2 nitrogen and oxygen atoms in total. The molecule has 19 heavy (non-hydrogen) atoms. The molecule has 0 spiro atoms. The molecule has 2 rings (SSSR count). The van der Waals surface area contributed by atoms with Gasteiger partial charge in [0.25, 0.3) is 5.91 Å². The van der Waals surface area contributed by atoms with Gasteiger partial charge in [-0.2, -0.15) is 0 Å². The van der Waals surface area contributed by atoms with Crippen LogP contribution in [0.3, 0.4) is 0 Å². The second kappa shape index (κ2) is 5.89.